The molecule has 0 saturated carbocycles. The quantitative estimate of drug-likeness (QED) is 0.645. The predicted octanol–water partition coefficient (Wildman–Crippen LogP) is -0.467. The van der Waals surface area contributed by atoms with E-state index in [2.05, 4.69) is 0 Å². The molecular weight excluding hydrogens is 310 g/mol. The van der Waals surface area contributed by atoms with Crippen molar-refractivity contribution in [2.45, 2.75) is 17.0 Å². The van der Waals surface area contributed by atoms with Gasteiger partial charge in [0.25, 0.3) is 0 Å². The van der Waals surface area contributed by atoms with Crippen LogP contribution >= 0.6 is 0 Å². The molecule has 4 N–H and O–H groups in total. The smallest absolute Gasteiger partial charge is 0.323 e. The fraction of sp³-hybridized carbons (Fsp3) is 0.300. The molecule has 0 saturated heterocycles. The SMILES string of the molecule is CS(=O)(=O)c1ccc(C(O)C(N)C(=O)O)cc1.[Cu]. The van der Waals surface area contributed by atoms with Crippen molar-refractivity contribution < 1.29 is 40.5 Å². The number of benzene rings is 1. The number of hydrogen-bond donors (Lipinski definition) is 3. The molecule has 0 heterocycles. The van der Waals surface area contributed by atoms with E-state index in [1.165, 1.54) is 24.3 Å². The first-order chi connectivity index (χ1) is 7.73. The van der Waals surface area contributed by atoms with E-state index in [1.54, 1.807) is 0 Å². The van der Waals surface area contributed by atoms with Gasteiger partial charge in [-0.05, 0) is 17.7 Å². The van der Waals surface area contributed by atoms with E-state index in [1.807, 2.05) is 0 Å². The summed E-state index contributed by atoms with van der Waals surface area (Å²) >= 11 is 0. The van der Waals surface area contributed by atoms with E-state index in [0.29, 0.717) is 0 Å². The number of aliphatic hydroxyl groups is 1. The van der Waals surface area contributed by atoms with Crippen LogP contribution in [0.3, 0.4) is 0 Å². The van der Waals surface area contributed by atoms with Crippen LogP contribution in [-0.4, -0.2) is 36.9 Å². The van der Waals surface area contributed by atoms with Gasteiger partial charge in [0, 0.05) is 23.3 Å². The third-order valence-electron chi connectivity index (χ3n) is 2.28. The molecule has 0 bridgehead atoms. The first-order valence-corrected chi connectivity index (χ1v) is 6.59. The van der Waals surface area contributed by atoms with Crippen molar-refractivity contribution in [1.29, 1.82) is 0 Å². The summed E-state index contributed by atoms with van der Waals surface area (Å²) in [4.78, 5) is 10.7. The first-order valence-electron chi connectivity index (χ1n) is 4.70. The maximum absolute atomic E-state index is 11.2. The summed E-state index contributed by atoms with van der Waals surface area (Å²) < 4.78 is 22.3. The molecule has 8 heteroatoms. The normalized spacial score (nSPS) is 14.4. The van der Waals surface area contributed by atoms with Gasteiger partial charge in [-0.1, -0.05) is 12.1 Å². The minimum atomic E-state index is -3.31. The summed E-state index contributed by atoms with van der Waals surface area (Å²) in [6, 6.07) is 3.82. The van der Waals surface area contributed by atoms with Crippen molar-refractivity contribution in [3.05, 3.63) is 29.8 Å². The van der Waals surface area contributed by atoms with Crippen LogP contribution in [0.1, 0.15) is 11.7 Å². The first kappa shape index (κ1) is 17.1. The molecule has 0 aliphatic carbocycles. The average molecular weight is 323 g/mol. The molecule has 0 fully saturated rings. The van der Waals surface area contributed by atoms with Crippen LogP contribution < -0.4 is 5.73 Å². The fourth-order valence-corrected chi connectivity index (χ4v) is 1.89. The molecule has 0 amide bonds. The molecule has 1 aromatic rings. The van der Waals surface area contributed by atoms with Gasteiger partial charge in [-0.2, -0.15) is 0 Å². The molecule has 1 rings (SSSR count). The van der Waals surface area contributed by atoms with Crippen LogP contribution in [0, 0.1) is 0 Å². The average Bonchev–Trinajstić information content (AvgIpc) is 2.26. The van der Waals surface area contributed by atoms with Gasteiger partial charge in [0.1, 0.15) is 12.1 Å². The Balaban J connectivity index is 0.00000289. The molecular formula is C10H13CuNO5S. The van der Waals surface area contributed by atoms with Gasteiger partial charge in [-0.15, -0.1) is 0 Å². The second kappa shape index (κ2) is 6.31. The van der Waals surface area contributed by atoms with Crippen molar-refractivity contribution in [3.63, 3.8) is 0 Å². The maximum Gasteiger partial charge on any atom is 0.323 e. The van der Waals surface area contributed by atoms with Crippen molar-refractivity contribution >= 4 is 15.8 Å². The summed E-state index contributed by atoms with van der Waals surface area (Å²) in [6.07, 6.45) is -0.317. The van der Waals surface area contributed by atoms with Crippen molar-refractivity contribution in [3.8, 4) is 0 Å². The minimum absolute atomic E-state index is 0. The van der Waals surface area contributed by atoms with Crippen molar-refractivity contribution in [1.82, 2.24) is 0 Å². The molecule has 105 valence electrons. The topological polar surface area (TPSA) is 118 Å². The summed E-state index contributed by atoms with van der Waals surface area (Å²) in [5.74, 6) is -1.33. The predicted molar refractivity (Wildman–Crippen MR) is 60.1 cm³/mol. The fourth-order valence-electron chi connectivity index (χ4n) is 1.25. The Hall–Kier alpha value is -0.921. The number of carbonyl (C=O) groups is 1. The Kier molecular flexibility index (Phi) is 5.98. The third kappa shape index (κ3) is 4.08. The monoisotopic (exact) mass is 322 g/mol. The van der Waals surface area contributed by atoms with E-state index in [0.717, 1.165) is 6.26 Å². The Morgan fingerprint density at radius 3 is 2.06 bits per heavy atom. The summed E-state index contributed by atoms with van der Waals surface area (Å²) in [6.45, 7) is 0. The van der Waals surface area contributed by atoms with Crippen LogP contribution in [0.2, 0.25) is 0 Å². The molecule has 0 aliphatic heterocycles. The number of nitrogens with two attached hydrogens (primary N) is 1. The Morgan fingerprint density at radius 1 is 1.28 bits per heavy atom. The second-order valence-corrected chi connectivity index (χ2v) is 5.67. The molecule has 18 heavy (non-hydrogen) atoms. The van der Waals surface area contributed by atoms with Gasteiger partial charge in [-0.25, -0.2) is 8.42 Å². The van der Waals surface area contributed by atoms with Crippen LogP contribution in [0.25, 0.3) is 0 Å². The number of carboxylic acids is 1. The van der Waals surface area contributed by atoms with E-state index in [-0.39, 0.29) is 27.5 Å². The Morgan fingerprint density at radius 2 is 1.72 bits per heavy atom. The van der Waals surface area contributed by atoms with E-state index >= 15 is 0 Å². The molecule has 2 unspecified atom stereocenters. The number of rotatable bonds is 4. The second-order valence-electron chi connectivity index (χ2n) is 3.65. The van der Waals surface area contributed by atoms with E-state index in [9.17, 15) is 18.3 Å². The van der Waals surface area contributed by atoms with Gasteiger partial charge < -0.3 is 15.9 Å². The van der Waals surface area contributed by atoms with Gasteiger partial charge >= 0.3 is 5.97 Å². The number of aliphatic hydroxyl groups excluding tert-OH is 1. The Labute approximate surface area is 115 Å². The number of hydrogen-bond acceptors (Lipinski definition) is 5. The third-order valence-corrected chi connectivity index (χ3v) is 3.40. The zero-order chi connectivity index (χ0) is 13.2. The standard InChI is InChI=1S/C10H13NO5S.Cu/c1-17(15,16)7-4-2-6(3-5-7)9(12)8(11)10(13)14;/h2-5,8-9,12H,11H2,1H3,(H,13,14);. The van der Waals surface area contributed by atoms with Gasteiger partial charge in [0.15, 0.2) is 9.84 Å². The summed E-state index contributed by atoms with van der Waals surface area (Å²) in [5, 5.41) is 18.2. The zero-order valence-electron chi connectivity index (χ0n) is 9.37. The van der Waals surface area contributed by atoms with E-state index < -0.39 is 28.0 Å². The largest absolute Gasteiger partial charge is 0.480 e. The number of aliphatic carboxylic acids is 1. The maximum atomic E-state index is 11.2. The summed E-state index contributed by atoms with van der Waals surface area (Å²) in [7, 11) is -3.31. The van der Waals surface area contributed by atoms with Gasteiger partial charge in [0.05, 0.1) is 4.90 Å². The van der Waals surface area contributed by atoms with Crippen LogP contribution in [0.15, 0.2) is 29.2 Å². The molecule has 6 nitrogen and oxygen atoms in total. The zero-order valence-corrected chi connectivity index (χ0v) is 11.1. The summed E-state index contributed by atoms with van der Waals surface area (Å²) in [5.41, 5.74) is 5.50. The number of sulfone groups is 1. The molecule has 0 spiro atoms. The van der Waals surface area contributed by atoms with Crippen LogP contribution in [-0.2, 0) is 31.7 Å². The molecule has 1 radical (unpaired) electrons. The molecule has 2 atom stereocenters. The van der Waals surface area contributed by atoms with Crippen molar-refractivity contribution in [2.24, 2.45) is 5.73 Å². The van der Waals surface area contributed by atoms with Crippen LogP contribution in [0.5, 0.6) is 0 Å². The molecule has 0 aromatic heterocycles. The van der Waals surface area contributed by atoms with Gasteiger partial charge in [0.2, 0.25) is 0 Å². The Bertz CT molecular complexity index is 514. The van der Waals surface area contributed by atoms with Gasteiger partial charge in [-0.3, -0.25) is 4.79 Å². The van der Waals surface area contributed by atoms with Crippen molar-refractivity contribution in [2.75, 3.05) is 6.26 Å². The van der Waals surface area contributed by atoms with E-state index in [4.69, 9.17) is 10.8 Å². The molecule has 1 aromatic carbocycles. The molecule has 0 aliphatic rings. The minimum Gasteiger partial charge on any atom is -0.480 e. The van der Waals surface area contributed by atoms with Crippen LogP contribution in [0.4, 0.5) is 0 Å². The number of carboxylic acid groups (broad SMARTS) is 1.